The Morgan fingerprint density at radius 3 is 2.26 bits per heavy atom. The third kappa shape index (κ3) is 3.29. The number of carbonyl (C=O) groups is 2. The molecule has 1 heterocycles. The quantitative estimate of drug-likeness (QED) is 0.713. The summed E-state index contributed by atoms with van der Waals surface area (Å²) < 4.78 is 58.2. The first-order chi connectivity index (χ1) is 14.7. The standard InChI is InChI=1S/C21H18F3N3O3S/c22-21(23,24)13-7-8-16-17(10-13)31(30,26-19(16)28)27-20(29)25-18-14-5-1-3-11(14)9-12-4-2-6-15(12)18/h7-10H,1-6H2,(H2,25,26,27,28,29,30). The van der Waals surface area contributed by atoms with Crippen molar-refractivity contribution in [3.05, 3.63) is 57.6 Å². The van der Waals surface area contributed by atoms with Gasteiger partial charge in [-0.05, 0) is 79.0 Å². The number of anilines is 1. The summed E-state index contributed by atoms with van der Waals surface area (Å²) in [5, 5.41) is 2.76. The van der Waals surface area contributed by atoms with Gasteiger partial charge in [-0.3, -0.25) is 4.79 Å². The van der Waals surface area contributed by atoms with Crippen molar-refractivity contribution >= 4 is 27.5 Å². The van der Waals surface area contributed by atoms with Gasteiger partial charge in [0.15, 0.2) is 9.92 Å². The van der Waals surface area contributed by atoms with E-state index in [1.54, 1.807) is 0 Å². The molecule has 162 valence electrons. The molecular formula is C21H18F3N3O3S. The number of alkyl halides is 3. The number of rotatable bonds is 2. The van der Waals surface area contributed by atoms with Gasteiger partial charge in [-0.1, -0.05) is 6.07 Å². The van der Waals surface area contributed by atoms with Crippen LogP contribution in [0.2, 0.25) is 0 Å². The molecule has 0 bridgehead atoms. The van der Waals surface area contributed by atoms with Crippen LogP contribution in [0, 0.1) is 0 Å². The van der Waals surface area contributed by atoms with Gasteiger partial charge >= 0.3 is 12.2 Å². The predicted molar refractivity (Wildman–Crippen MR) is 107 cm³/mol. The summed E-state index contributed by atoms with van der Waals surface area (Å²) in [6.07, 6.45) is 0.739. The molecule has 10 heteroatoms. The molecule has 1 atom stereocenters. The Balaban J connectivity index is 1.48. The second-order valence-electron chi connectivity index (χ2n) is 7.92. The lowest BCUT2D eigenvalue weighted by Gasteiger charge is -2.17. The van der Waals surface area contributed by atoms with Gasteiger partial charge in [0, 0.05) is 5.69 Å². The topological polar surface area (TPSA) is 87.6 Å². The van der Waals surface area contributed by atoms with E-state index in [1.807, 2.05) is 0 Å². The highest BCUT2D eigenvalue weighted by atomic mass is 32.2. The number of amides is 3. The molecule has 31 heavy (non-hydrogen) atoms. The molecule has 0 aromatic heterocycles. The second-order valence-corrected chi connectivity index (χ2v) is 9.80. The number of hydrogen-bond acceptors (Lipinski definition) is 3. The largest absolute Gasteiger partial charge is 0.416 e. The van der Waals surface area contributed by atoms with Crippen molar-refractivity contribution in [2.45, 2.75) is 49.6 Å². The number of carbonyl (C=O) groups excluding carboxylic acids is 2. The zero-order valence-corrected chi connectivity index (χ0v) is 17.1. The van der Waals surface area contributed by atoms with E-state index in [9.17, 15) is 27.0 Å². The predicted octanol–water partition coefficient (Wildman–Crippen LogP) is 4.40. The molecule has 2 N–H and O–H groups in total. The van der Waals surface area contributed by atoms with Crippen molar-refractivity contribution in [1.82, 2.24) is 4.72 Å². The Labute approximate surface area is 176 Å². The Bertz CT molecular complexity index is 1240. The van der Waals surface area contributed by atoms with Gasteiger partial charge in [-0.2, -0.15) is 13.2 Å². The lowest BCUT2D eigenvalue weighted by Crippen LogP contribution is -2.34. The number of nitrogens with one attached hydrogen (secondary N) is 2. The van der Waals surface area contributed by atoms with Crippen molar-refractivity contribution in [3.8, 4) is 0 Å². The fourth-order valence-corrected chi connectivity index (χ4v) is 6.26. The van der Waals surface area contributed by atoms with Gasteiger partial charge in [0.25, 0.3) is 5.91 Å². The van der Waals surface area contributed by atoms with Crippen molar-refractivity contribution < 1.29 is 27.0 Å². The molecule has 0 saturated carbocycles. The minimum atomic E-state index is -4.69. The smallest absolute Gasteiger partial charge is 0.307 e. The average molecular weight is 449 g/mol. The summed E-state index contributed by atoms with van der Waals surface area (Å²) in [4.78, 5) is 24.4. The third-order valence-electron chi connectivity index (χ3n) is 5.99. The van der Waals surface area contributed by atoms with Gasteiger partial charge in [0.05, 0.1) is 16.0 Å². The summed E-state index contributed by atoms with van der Waals surface area (Å²) in [6.45, 7) is 0. The van der Waals surface area contributed by atoms with Crippen LogP contribution in [0.4, 0.5) is 23.7 Å². The molecule has 0 radical (unpaired) electrons. The molecular weight excluding hydrogens is 431 g/mol. The van der Waals surface area contributed by atoms with E-state index in [0.29, 0.717) is 11.8 Å². The van der Waals surface area contributed by atoms with Crippen LogP contribution >= 0.6 is 0 Å². The number of hydrogen-bond donors (Lipinski definition) is 2. The van der Waals surface area contributed by atoms with Crippen LogP contribution < -0.4 is 10.0 Å². The zero-order chi connectivity index (χ0) is 22.0. The van der Waals surface area contributed by atoms with Gasteiger partial charge in [0.1, 0.15) is 0 Å². The molecule has 1 aliphatic heterocycles. The maximum absolute atomic E-state index is 13.2. The first-order valence-corrected chi connectivity index (χ1v) is 11.5. The van der Waals surface area contributed by atoms with Gasteiger partial charge in [-0.25, -0.2) is 13.7 Å². The Hall–Kier alpha value is -2.88. The normalized spacial score (nSPS) is 21.3. The Kier molecular flexibility index (Phi) is 4.40. The molecule has 0 fully saturated rings. The number of fused-ring (bicyclic) bond motifs is 3. The second kappa shape index (κ2) is 6.81. The van der Waals surface area contributed by atoms with Gasteiger partial charge in [-0.15, -0.1) is 4.36 Å². The van der Waals surface area contributed by atoms with E-state index in [4.69, 9.17) is 0 Å². The summed E-state index contributed by atoms with van der Waals surface area (Å²) in [5.74, 6) is -0.921. The van der Waals surface area contributed by atoms with Crippen LogP contribution in [-0.4, -0.2) is 16.1 Å². The van der Waals surface area contributed by atoms with Crippen molar-refractivity contribution in [2.75, 3.05) is 5.32 Å². The number of halogens is 3. The molecule has 2 aromatic rings. The van der Waals surface area contributed by atoms with Crippen LogP contribution in [0.15, 0.2) is 33.5 Å². The molecule has 3 aliphatic rings. The first kappa shape index (κ1) is 20.0. The van der Waals surface area contributed by atoms with Crippen molar-refractivity contribution in [3.63, 3.8) is 0 Å². The Morgan fingerprint density at radius 1 is 1.00 bits per heavy atom. The minimum Gasteiger partial charge on any atom is -0.307 e. The van der Waals surface area contributed by atoms with Crippen molar-refractivity contribution in [2.24, 2.45) is 4.36 Å². The zero-order valence-electron chi connectivity index (χ0n) is 16.3. The summed E-state index contributed by atoms with van der Waals surface area (Å²) >= 11 is 0. The van der Waals surface area contributed by atoms with E-state index in [1.165, 1.54) is 11.1 Å². The van der Waals surface area contributed by atoms with E-state index < -0.39 is 38.5 Å². The maximum Gasteiger partial charge on any atom is 0.416 e. The summed E-state index contributed by atoms with van der Waals surface area (Å²) in [5.41, 5.74) is 3.87. The average Bonchev–Trinajstić information content (AvgIpc) is 3.39. The lowest BCUT2D eigenvalue weighted by atomic mass is 9.99. The first-order valence-electron chi connectivity index (χ1n) is 9.94. The molecule has 6 nitrogen and oxygen atoms in total. The molecule has 1 unspecified atom stereocenters. The fraction of sp³-hybridized carbons (Fsp3) is 0.333. The number of urea groups is 1. The Morgan fingerprint density at radius 2 is 1.65 bits per heavy atom. The highest BCUT2D eigenvalue weighted by Gasteiger charge is 2.37. The van der Waals surface area contributed by atoms with Gasteiger partial charge < -0.3 is 5.32 Å². The maximum atomic E-state index is 13.2. The van der Waals surface area contributed by atoms with Crippen LogP contribution in [0.5, 0.6) is 0 Å². The molecule has 3 amide bonds. The highest BCUT2D eigenvalue weighted by Crippen LogP contribution is 2.39. The molecule has 5 rings (SSSR count). The van der Waals surface area contributed by atoms with Crippen molar-refractivity contribution in [1.29, 1.82) is 0 Å². The van der Waals surface area contributed by atoms with Crippen LogP contribution in [0.1, 0.15) is 51.0 Å². The van der Waals surface area contributed by atoms with Crippen LogP contribution in [0.25, 0.3) is 0 Å². The molecule has 0 saturated heterocycles. The van der Waals surface area contributed by atoms with Crippen LogP contribution in [0.3, 0.4) is 0 Å². The summed E-state index contributed by atoms with van der Waals surface area (Å²) in [6, 6.07) is 3.61. The fourth-order valence-electron chi connectivity index (χ4n) is 4.63. The SMILES string of the molecule is O=C(Nc1c2c(cc3c1CCC3)CCC2)NS1(=O)=NC(=O)c2ccc(C(F)(F)F)cc21. The van der Waals surface area contributed by atoms with E-state index in [-0.39, 0.29) is 5.56 Å². The summed E-state index contributed by atoms with van der Waals surface area (Å²) in [7, 11) is -3.88. The lowest BCUT2D eigenvalue weighted by molar-refractivity contribution is -0.137. The minimum absolute atomic E-state index is 0.209. The number of aryl methyl sites for hydroxylation is 2. The van der Waals surface area contributed by atoms with Gasteiger partial charge in [0.2, 0.25) is 0 Å². The third-order valence-corrected chi connectivity index (χ3v) is 7.81. The van der Waals surface area contributed by atoms with E-state index in [0.717, 1.165) is 61.8 Å². The monoisotopic (exact) mass is 449 g/mol. The molecule has 0 spiro atoms. The molecule has 2 aromatic carbocycles. The van der Waals surface area contributed by atoms with Crippen LogP contribution in [-0.2, 0) is 41.8 Å². The highest BCUT2D eigenvalue weighted by molar-refractivity contribution is 7.93. The number of nitrogens with zero attached hydrogens (tertiary/aromatic N) is 1. The molecule has 2 aliphatic carbocycles. The van der Waals surface area contributed by atoms with E-state index >= 15 is 0 Å². The van der Waals surface area contributed by atoms with E-state index in [2.05, 4.69) is 20.5 Å². The number of benzene rings is 2.